The van der Waals surface area contributed by atoms with Crippen LogP contribution < -0.4 is 10.0 Å². The summed E-state index contributed by atoms with van der Waals surface area (Å²) in [4.78, 5) is 12.0. The third kappa shape index (κ3) is 2.63. The number of rotatable bonds is 3. The molecule has 22 heavy (non-hydrogen) atoms. The topological polar surface area (TPSA) is 64.4 Å². The summed E-state index contributed by atoms with van der Waals surface area (Å²) in [7, 11) is 0. The van der Waals surface area contributed by atoms with Gasteiger partial charge in [-0.15, -0.1) is 0 Å². The zero-order valence-electron chi connectivity index (χ0n) is 16.6. The number of aromatic nitrogens is 1. The Hall–Kier alpha value is -2.51. The lowest BCUT2D eigenvalue weighted by molar-refractivity contribution is -0.165. The number of alkyl halides is 3. The molecular weight excluding hydrogens is 301 g/mol. The van der Waals surface area contributed by atoms with E-state index in [0.29, 0.717) is 0 Å². The molecule has 1 fully saturated rings. The first kappa shape index (κ1) is 8.82. The minimum Gasteiger partial charge on any atom is -0.410 e. The van der Waals surface area contributed by atoms with Crippen LogP contribution in [0.25, 0.3) is 0 Å². The van der Waals surface area contributed by atoms with E-state index in [1.54, 1.807) is 6.07 Å². The maximum absolute atomic E-state index is 13.6. The summed E-state index contributed by atoms with van der Waals surface area (Å²) in [6, 6.07) is 6.15. The number of benzene rings is 1. The standard InChI is InChI=1S/C14H11F3N2O3/c15-14(16,17)13(6-7-13)10-8-11(19-22-10)18-12(20)21-9-4-2-1-3-5-9/h1-5,8H,6-7H2,(H,18,19,20)/i6D2,7D2,8D/hD. The average Bonchev–Trinajstić information content (AvgIpc) is 2.82. The molecule has 1 aromatic heterocycles. The van der Waals surface area contributed by atoms with Crippen molar-refractivity contribution in [3.8, 4) is 5.75 Å². The van der Waals surface area contributed by atoms with Crippen molar-refractivity contribution in [3.63, 3.8) is 0 Å². The summed E-state index contributed by atoms with van der Waals surface area (Å²) >= 11 is 0. The molecule has 0 saturated heterocycles. The van der Waals surface area contributed by atoms with Gasteiger partial charge in [-0.1, -0.05) is 23.4 Å². The molecule has 5 nitrogen and oxygen atoms in total. The van der Waals surface area contributed by atoms with Gasteiger partial charge in [-0.2, -0.15) is 13.2 Å². The Morgan fingerprint density at radius 2 is 2.14 bits per heavy atom. The summed E-state index contributed by atoms with van der Waals surface area (Å²) in [5.41, 5.74) is -3.79. The van der Waals surface area contributed by atoms with Gasteiger partial charge in [-0.25, -0.2) is 4.79 Å². The van der Waals surface area contributed by atoms with Crippen molar-refractivity contribution in [3.05, 3.63) is 42.1 Å². The molecule has 1 aromatic carbocycles. The molecular formula is C14H11F3N2O3. The Bertz CT molecular complexity index is 905. The van der Waals surface area contributed by atoms with Gasteiger partial charge in [0.05, 0.1) is 1.37 Å². The molecule has 2 aromatic rings. The molecule has 0 unspecified atom stereocenters. The molecule has 0 spiro atoms. The molecule has 3 rings (SSSR count). The van der Waals surface area contributed by atoms with Crippen LogP contribution in [0.3, 0.4) is 0 Å². The zero-order chi connectivity index (χ0) is 21.1. The fourth-order valence-electron chi connectivity index (χ4n) is 1.59. The number of carbonyl (C=O) groups is 1. The number of halogens is 3. The van der Waals surface area contributed by atoms with E-state index >= 15 is 0 Å². The van der Waals surface area contributed by atoms with Gasteiger partial charge in [0.1, 0.15) is 11.2 Å². The van der Waals surface area contributed by atoms with Crippen LogP contribution >= 0.6 is 0 Å². The summed E-state index contributed by atoms with van der Waals surface area (Å²) in [6.45, 7) is 0. The molecule has 1 aliphatic rings. The summed E-state index contributed by atoms with van der Waals surface area (Å²) in [5, 5.41) is 2.93. The third-order valence-corrected chi connectivity index (χ3v) is 2.74. The lowest BCUT2D eigenvalue weighted by Gasteiger charge is -2.14. The molecule has 1 saturated carbocycles. The molecule has 1 amide bonds. The van der Waals surface area contributed by atoms with Gasteiger partial charge in [0.25, 0.3) is 0 Å². The number of anilines is 1. The Kier molecular flexibility index (Phi) is 2.02. The highest BCUT2D eigenvalue weighted by Gasteiger charge is 2.66. The van der Waals surface area contributed by atoms with Crippen molar-refractivity contribution in [2.24, 2.45) is 0 Å². The summed E-state index contributed by atoms with van der Waals surface area (Å²) in [6.07, 6.45) is -13.8. The molecule has 0 atom stereocenters. The van der Waals surface area contributed by atoms with Gasteiger partial charge in [-0.05, 0) is 24.9 Å². The minimum atomic E-state index is -5.47. The largest absolute Gasteiger partial charge is 0.418 e. The Morgan fingerprint density at radius 1 is 1.45 bits per heavy atom. The first-order valence-electron chi connectivity index (χ1n) is 8.84. The number of para-hydroxylation sites is 1. The Labute approximate surface area is 131 Å². The fourth-order valence-corrected chi connectivity index (χ4v) is 1.59. The summed E-state index contributed by atoms with van der Waals surface area (Å²) < 4.78 is 95.3. The Balaban J connectivity index is 1.97. The lowest BCUT2D eigenvalue weighted by Crippen LogP contribution is -2.28. The van der Waals surface area contributed by atoms with Crippen LogP contribution in [0.4, 0.5) is 23.8 Å². The van der Waals surface area contributed by atoms with Crippen molar-refractivity contribution in [2.45, 2.75) is 24.3 Å². The van der Waals surface area contributed by atoms with Crippen LogP contribution in [-0.4, -0.2) is 17.4 Å². The van der Waals surface area contributed by atoms with Crippen molar-refractivity contribution in [2.75, 3.05) is 5.31 Å². The minimum absolute atomic E-state index is 0.0154. The Morgan fingerprint density at radius 3 is 2.73 bits per heavy atom. The van der Waals surface area contributed by atoms with Crippen LogP contribution in [0.2, 0.25) is 1.41 Å². The number of nitrogens with zero attached hydrogens (tertiary/aromatic N) is 1. The van der Waals surface area contributed by atoms with E-state index in [9.17, 15) is 18.0 Å². The number of hydrogen-bond acceptors (Lipinski definition) is 4. The number of carbonyl (C=O) groups excluding carboxylic acids is 1. The molecule has 1 N–H and O–H groups in total. The zero-order valence-corrected chi connectivity index (χ0v) is 10.6. The van der Waals surface area contributed by atoms with E-state index in [-0.39, 0.29) is 11.1 Å². The molecule has 0 radical (unpaired) electrons. The van der Waals surface area contributed by atoms with E-state index in [2.05, 4.69) is 9.68 Å². The molecule has 116 valence electrons. The highest BCUT2D eigenvalue weighted by Crippen LogP contribution is 2.59. The van der Waals surface area contributed by atoms with Crippen LogP contribution in [-0.2, 0) is 5.41 Å². The van der Waals surface area contributed by atoms with Crippen LogP contribution in [0.15, 0.2) is 40.9 Å². The second-order valence-electron chi connectivity index (χ2n) is 4.25. The highest BCUT2D eigenvalue weighted by atomic mass is 19.4. The van der Waals surface area contributed by atoms with Gasteiger partial charge in [0, 0.05) is 11.5 Å². The lowest BCUT2D eigenvalue weighted by atomic mass is 10.0. The smallest absolute Gasteiger partial charge is 0.410 e. The van der Waals surface area contributed by atoms with Gasteiger partial charge < -0.3 is 9.26 Å². The summed E-state index contributed by atoms with van der Waals surface area (Å²) in [5.74, 6) is -2.45. The van der Waals surface area contributed by atoms with E-state index < -0.39 is 48.1 Å². The SMILES string of the molecule is [2H]c1c(N([2H])C(=O)Oc2ccccc2)noc1C1(C(F)(F)F)C([2H])([2H])C1([2H])[2H]. The van der Waals surface area contributed by atoms with Gasteiger partial charge in [0.15, 0.2) is 13.0 Å². The molecule has 8 heteroatoms. The predicted octanol–water partition coefficient (Wildman–Crippen LogP) is 3.88. The van der Waals surface area contributed by atoms with E-state index in [0.717, 1.165) is 0 Å². The number of nitrogens with one attached hydrogen (secondary N) is 1. The molecule has 0 aliphatic heterocycles. The van der Waals surface area contributed by atoms with Crippen molar-refractivity contribution in [1.29, 1.82) is 0 Å². The second-order valence-corrected chi connectivity index (χ2v) is 4.25. The first-order chi connectivity index (χ1) is 12.8. The predicted molar refractivity (Wildman–Crippen MR) is 69.6 cm³/mol. The van der Waals surface area contributed by atoms with Crippen LogP contribution in [0.1, 0.15) is 25.4 Å². The number of hydrogen-bond donors (Lipinski definition) is 1. The molecule has 1 aliphatic carbocycles. The van der Waals surface area contributed by atoms with E-state index in [1.807, 2.05) is 0 Å². The van der Waals surface area contributed by atoms with E-state index in [1.165, 1.54) is 24.3 Å². The normalized spacial score (nSPS) is 24.7. The van der Waals surface area contributed by atoms with Gasteiger partial charge >= 0.3 is 12.3 Å². The third-order valence-electron chi connectivity index (χ3n) is 2.74. The number of ether oxygens (including phenoxy) is 1. The van der Waals surface area contributed by atoms with Crippen LogP contribution in [0, 0.1) is 0 Å². The van der Waals surface area contributed by atoms with Gasteiger partial charge in [-0.3, -0.25) is 5.31 Å². The maximum atomic E-state index is 13.6. The quantitative estimate of drug-likeness (QED) is 0.933. The van der Waals surface area contributed by atoms with Crippen molar-refractivity contribution >= 4 is 11.9 Å². The van der Waals surface area contributed by atoms with Gasteiger partial charge in [0.2, 0.25) is 0 Å². The first-order valence-corrected chi connectivity index (χ1v) is 5.90. The van der Waals surface area contributed by atoms with Crippen LogP contribution in [0.5, 0.6) is 5.75 Å². The van der Waals surface area contributed by atoms with E-state index in [4.69, 9.17) is 13.0 Å². The van der Waals surface area contributed by atoms with Crippen molar-refractivity contribution < 1.29 is 35.5 Å². The average molecular weight is 318 g/mol. The number of amides is 1. The highest BCUT2D eigenvalue weighted by molar-refractivity contribution is 5.85. The second kappa shape index (κ2) is 5.04. The molecule has 0 bridgehead atoms. The molecule has 1 heterocycles. The monoisotopic (exact) mass is 318 g/mol. The fraction of sp³-hybridized carbons (Fsp3) is 0.286. The van der Waals surface area contributed by atoms with Crippen molar-refractivity contribution in [1.82, 2.24) is 5.16 Å². The maximum Gasteiger partial charge on any atom is 0.418 e.